The highest BCUT2D eigenvalue weighted by atomic mass is 16.2. The second kappa shape index (κ2) is 10.3. The highest BCUT2D eigenvalue weighted by Gasteiger charge is 2.24. The zero-order valence-corrected chi connectivity index (χ0v) is 16.3. The molecule has 1 saturated heterocycles. The first-order chi connectivity index (χ1) is 13.2. The maximum atomic E-state index is 12.4. The van der Waals surface area contributed by atoms with Crippen LogP contribution in [0.3, 0.4) is 0 Å². The number of hydrogen-bond acceptors (Lipinski definition) is 2. The SMILES string of the molecule is O=C(CC(=O)N1CCC(Cc2ccccc2)CC1)NCCC1=CCCCC1. The lowest BCUT2D eigenvalue weighted by atomic mass is 9.90. The number of nitrogens with zero attached hydrogens (tertiary/aromatic N) is 1. The Labute approximate surface area is 163 Å². The molecule has 1 aliphatic heterocycles. The molecule has 3 rings (SSSR count). The van der Waals surface area contributed by atoms with E-state index in [1.54, 1.807) is 0 Å². The normalized spacial score (nSPS) is 18.1. The van der Waals surface area contributed by atoms with Crippen molar-refractivity contribution >= 4 is 11.8 Å². The molecule has 146 valence electrons. The van der Waals surface area contributed by atoms with Gasteiger partial charge in [0, 0.05) is 19.6 Å². The van der Waals surface area contributed by atoms with Crippen molar-refractivity contribution in [1.29, 1.82) is 0 Å². The predicted molar refractivity (Wildman–Crippen MR) is 108 cm³/mol. The molecule has 27 heavy (non-hydrogen) atoms. The van der Waals surface area contributed by atoms with E-state index in [4.69, 9.17) is 0 Å². The lowest BCUT2D eigenvalue weighted by Crippen LogP contribution is -2.41. The molecule has 0 bridgehead atoms. The van der Waals surface area contributed by atoms with Crippen LogP contribution in [-0.4, -0.2) is 36.3 Å². The van der Waals surface area contributed by atoms with Crippen LogP contribution in [0.15, 0.2) is 42.0 Å². The number of hydrogen-bond donors (Lipinski definition) is 1. The van der Waals surface area contributed by atoms with E-state index < -0.39 is 0 Å². The second-order valence-corrected chi connectivity index (χ2v) is 7.90. The van der Waals surface area contributed by atoms with Gasteiger partial charge in [-0.3, -0.25) is 9.59 Å². The Morgan fingerprint density at radius 1 is 1.07 bits per heavy atom. The molecule has 1 fully saturated rings. The molecular weight excluding hydrogens is 336 g/mol. The van der Waals surface area contributed by atoms with E-state index in [1.165, 1.54) is 30.4 Å². The summed E-state index contributed by atoms with van der Waals surface area (Å²) in [6.45, 7) is 2.20. The third-order valence-electron chi connectivity index (χ3n) is 5.80. The number of carbonyl (C=O) groups is 2. The van der Waals surface area contributed by atoms with Crippen molar-refractivity contribution in [3.8, 4) is 0 Å². The van der Waals surface area contributed by atoms with Crippen molar-refractivity contribution in [1.82, 2.24) is 10.2 Å². The molecule has 0 saturated carbocycles. The Morgan fingerprint density at radius 2 is 1.85 bits per heavy atom. The third kappa shape index (κ3) is 6.53. The second-order valence-electron chi connectivity index (χ2n) is 7.90. The topological polar surface area (TPSA) is 49.4 Å². The van der Waals surface area contributed by atoms with E-state index >= 15 is 0 Å². The number of nitrogens with one attached hydrogen (secondary N) is 1. The minimum Gasteiger partial charge on any atom is -0.355 e. The number of rotatable bonds is 7. The van der Waals surface area contributed by atoms with Crippen LogP contribution in [0.4, 0.5) is 0 Å². The number of amides is 2. The van der Waals surface area contributed by atoms with Crippen molar-refractivity contribution in [2.75, 3.05) is 19.6 Å². The molecule has 0 aromatic heterocycles. The van der Waals surface area contributed by atoms with Gasteiger partial charge in [0.1, 0.15) is 6.42 Å². The van der Waals surface area contributed by atoms with Crippen molar-refractivity contribution in [3.63, 3.8) is 0 Å². The van der Waals surface area contributed by atoms with Gasteiger partial charge < -0.3 is 10.2 Å². The van der Waals surface area contributed by atoms with Crippen LogP contribution in [0.2, 0.25) is 0 Å². The molecule has 1 aromatic rings. The quantitative estimate of drug-likeness (QED) is 0.587. The summed E-state index contributed by atoms with van der Waals surface area (Å²) in [6.07, 6.45) is 11.2. The van der Waals surface area contributed by atoms with Crippen LogP contribution in [-0.2, 0) is 16.0 Å². The summed E-state index contributed by atoms with van der Waals surface area (Å²) in [6, 6.07) is 10.5. The third-order valence-corrected chi connectivity index (χ3v) is 5.80. The minimum atomic E-state index is -0.136. The summed E-state index contributed by atoms with van der Waals surface area (Å²) in [5, 5.41) is 2.91. The number of allylic oxidation sites excluding steroid dienone is 1. The van der Waals surface area contributed by atoms with Gasteiger partial charge in [-0.15, -0.1) is 0 Å². The molecule has 0 atom stereocenters. The highest BCUT2D eigenvalue weighted by Crippen LogP contribution is 2.22. The van der Waals surface area contributed by atoms with Gasteiger partial charge in [-0.2, -0.15) is 0 Å². The Morgan fingerprint density at radius 3 is 2.56 bits per heavy atom. The predicted octanol–water partition coefficient (Wildman–Crippen LogP) is 3.86. The summed E-state index contributed by atoms with van der Waals surface area (Å²) in [4.78, 5) is 26.3. The first-order valence-corrected chi connectivity index (χ1v) is 10.5. The Kier molecular flexibility index (Phi) is 7.49. The largest absolute Gasteiger partial charge is 0.355 e. The molecule has 4 nitrogen and oxygen atoms in total. The summed E-state index contributed by atoms with van der Waals surface area (Å²) in [5.74, 6) is 0.472. The molecular formula is C23H32N2O2. The summed E-state index contributed by atoms with van der Waals surface area (Å²) < 4.78 is 0. The average molecular weight is 369 g/mol. The molecule has 1 N–H and O–H groups in total. The smallest absolute Gasteiger partial charge is 0.232 e. The number of likely N-dealkylation sites (tertiary alicyclic amines) is 1. The van der Waals surface area contributed by atoms with Crippen LogP contribution in [0.5, 0.6) is 0 Å². The van der Waals surface area contributed by atoms with Crippen molar-refractivity contribution in [2.24, 2.45) is 5.92 Å². The van der Waals surface area contributed by atoms with Gasteiger partial charge in [0.2, 0.25) is 11.8 Å². The van der Waals surface area contributed by atoms with Gasteiger partial charge in [-0.25, -0.2) is 0 Å². The van der Waals surface area contributed by atoms with E-state index in [2.05, 4.69) is 35.7 Å². The first kappa shape index (κ1) is 19.7. The number of benzene rings is 1. The van der Waals surface area contributed by atoms with E-state index in [0.717, 1.165) is 45.2 Å². The Balaban J connectivity index is 1.32. The van der Waals surface area contributed by atoms with Gasteiger partial charge in [-0.05, 0) is 62.8 Å². The Hall–Kier alpha value is -2.10. The fourth-order valence-electron chi connectivity index (χ4n) is 4.14. The number of carbonyl (C=O) groups excluding carboxylic acids is 2. The summed E-state index contributed by atoms with van der Waals surface area (Å²) in [7, 11) is 0. The van der Waals surface area contributed by atoms with Crippen LogP contribution in [0, 0.1) is 5.92 Å². The maximum Gasteiger partial charge on any atom is 0.232 e. The fourth-order valence-corrected chi connectivity index (χ4v) is 4.14. The van der Waals surface area contributed by atoms with Crippen LogP contribution >= 0.6 is 0 Å². The highest BCUT2D eigenvalue weighted by molar-refractivity contribution is 5.96. The molecule has 0 radical (unpaired) electrons. The summed E-state index contributed by atoms with van der Waals surface area (Å²) in [5.41, 5.74) is 2.82. The van der Waals surface area contributed by atoms with E-state index in [-0.39, 0.29) is 18.2 Å². The molecule has 2 aliphatic rings. The fraction of sp³-hybridized carbons (Fsp3) is 0.565. The molecule has 1 aromatic carbocycles. The van der Waals surface area contributed by atoms with Crippen LogP contribution in [0.1, 0.15) is 56.9 Å². The van der Waals surface area contributed by atoms with Gasteiger partial charge in [0.15, 0.2) is 0 Å². The van der Waals surface area contributed by atoms with Crippen molar-refractivity contribution in [2.45, 2.75) is 57.8 Å². The summed E-state index contributed by atoms with van der Waals surface area (Å²) >= 11 is 0. The molecule has 2 amide bonds. The van der Waals surface area contributed by atoms with E-state index in [0.29, 0.717) is 12.5 Å². The number of piperidine rings is 1. The standard InChI is InChI=1S/C23H32N2O2/c26-22(24-14-11-19-7-3-1-4-8-19)18-23(27)25-15-12-21(13-16-25)17-20-9-5-2-6-10-20/h2,5-7,9-10,21H,1,3-4,8,11-18H2,(H,24,26). The maximum absolute atomic E-state index is 12.4. The zero-order valence-electron chi connectivity index (χ0n) is 16.3. The average Bonchev–Trinajstić information content (AvgIpc) is 2.70. The molecule has 1 heterocycles. The first-order valence-electron chi connectivity index (χ1n) is 10.5. The van der Waals surface area contributed by atoms with Gasteiger partial charge >= 0.3 is 0 Å². The van der Waals surface area contributed by atoms with Crippen molar-refractivity contribution < 1.29 is 9.59 Å². The minimum absolute atomic E-state index is 0.0115. The van der Waals surface area contributed by atoms with Gasteiger partial charge in [0.05, 0.1) is 0 Å². The van der Waals surface area contributed by atoms with Crippen LogP contribution < -0.4 is 5.32 Å². The van der Waals surface area contributed by atoms with Gasteiger partial charge in [-0.1, -0.05) is 42.0 Å². The lowest BCUT2D eigenvalue weighted by molar-refractivity contribution is -0.137. The van der Waals surface area contributed by atoms with E-state index in [1.807, 2.05) is 11.0 Å². The zero-order chi connectivity index (χ0) is 18.9. The molecule has 1 aliphatic carbocycles. The molecule has 0 spiro atoms. The van der Waals surface area contributed by atoms with Gasteiger partial charge in [0.25, 0.3) is 0 Å². The monoisotopic (exact) mass is 368 g/mol. The molecule has 0 unspecified atom stereocenters. The van der Waals surface area contributed by atoms with Crippen molar-refractivity contribution in [3.05, 3.63) is 47.5 Å². The van der Waals surface area contributed by atoms with Crippen LogP contribution in [0.25, 0.3) is 0 Å². The Bertz CT molecular complexity index is 646. The van der Waals surface area contributed by atoms with E-state index in [9.17, 15) is 9.59 Å². The molecule has 4 heteroatoms. The lowest BCUT2D eigenvalue weighted by Gasteiger charge is -2.32.